The number of carbonyl (C=O) groups excluding carboxylic acids is 3. The average molecular weight is 389 g/mol. The van der Waals surface area contributed by atoms with E-state index in [4.69, 9.17) is 21.7 Å². The first-order valence-corrected chi connectivity index (χ1v) is 8.80. The molecule has 0 aromatic rings. The number of carboxylic acids is 1. The Balaban J connectivity index is 4.78. The smallest absolute Gasteiger partial charge is 0.328 e. The molecule has 9 N–H and O–H groups in total. The molecule has 0 aliphatic rings. The highest BCUT2D eigenvalue weighted by atomic mass is 16.4. The number of rotatable bonds is 13. The summed E-state index contributed by atoms with van der Waals surface area (Å²) in [6.07, 6.45) is 1.37. The molecular weight excluding hydrogens is 358 g/mol. The molecule has 156 valence electrons. The number of unbranched alkanes of at least 4 members (excludes halogenated alkanes) is 1. The molecule has 0 aliphatic carbocycles. The van der Waals surface area contributed by atoms with Crippen LogP contribution >= 0.6 is 0 Å². The molecule has 11 heteroatoms. The van der Waals surface area contributed by atoms with E-state index < -0.39 is 48.4 Å². The van der Waals surface area contributed by atoms with E-state index >= 15 is 0 Å². The predicted octanol–water partition coefficient (Wildman–Crippen LogP) is -2.74. The number of aliphatic carboxylic acids is 1. The van der Waals surface area contributed by atoms with E-state index in [9.17, 15) is 19.2 Å². The van der Waals surface area contributed by atoms with E-state index in [0.29, 0.717) is 19.4 Å². The maximum Gasteiger partial charge on any atom is 0.328 e. The second-order valence-electron chi connectivity index (χ2n) is 6.47. The maximum atomic E-state index is 12.2. The molecule has 0 heterocycles. The zero-order valence-corrected chi connectivity index (χ0v) is 15.7. The van der Waals surface area contributed by atoms with Crippen LogP contribution in [0.2, 0.25) is 0 Å². The van der Waals surface area contributed by atoms with Gasteiger partial charge in [0.15, 0.2) is 0 Å². The molecule has 3 amide bonds. The zero-order chi connectivity index (χ0) is 21.0. The molecule has 0 fully saturated rings. The van der Waals surface area contributed by atoms with Crippen LogP contribution in [0.25, 0.3) is 0 Å². The first kappa shape index (κ1) is 24.8. The second kappa shape index (κ2) is 13.0. The van der Waals surface area contributed by atoms with Crippen LogP contribution in [0.4, 0.5) is 0 Å². The van der Waals surface area contributed by atoms with Crippen LogP contribution < -0.4 is 27.4 Å². The van der Waals surface area contributed by atoms with E-state index in [0.717, 1.165) is 0 Å². The third kappa shape index (κ3) is 9.87. The normalized spacial score (nSPS) is 14.1. The van der Waals surface area contributed by atoms with Crippen LogP contribution in [0.1, 0.15) is 33.1 Å². The molecule has 0 saturated heterocycles. The molecule has 3 unspecified atom stereocenters. The number of nitrogens with one attached hydrogen (secondary N) is 3. The van der Waals surface area contributed by atoms with Crippen molar-refractivity contribution >= 4 is 23.7 Å². The van der Waals surface area contributed by atoms with Gasteiger partial charge in [0, 0.05) is 0 Å². The first-order chi connectivity index (χ1) is 12.6. The quantitative estimate of drug-likeness (QED) is 0.165. The molecule has 0 spiro atoms. The van der Waals surface area contributed by atoms with E-state index in [-0.39, 0.29) is 18.9 Å². The lowest BCUT2D eigenvalue weighted by Gasteiger charge is -2.21. The van der Waals surface area contributed by atoms with Crippen molar-refractivity contribution in [2.75, 3.05) is 19.7 Å². The van der Waals surface area contributed by atoms with Crippen LogP contribution in [0, 0.1) is 5.92 Å². The molecular formula is C16H31N5O6. The van der Waals surface area contributed by atoms with Gasteiger partial charge in [-0.05, 0) is 31.7 Å². The first-order valence-electron chi connectivity index (χ1n) is 8.80. The molecule has 0 aliphatic heterocycles. The van der Waals surface area contributed by atoms with Crippen LogP contribution in [-0.2, 0) is 19.2 Å². The van der Waals surface area contributed by atoms with Crippen molar-refractivity contribution in [2.24, 2.45) is 17.4 Å². The number of carboxylic acid groups (broad SMARTS) is 1. The van der Waals surface area contributed by atoms with E-state index in [1.54, 1.807) is 13.8 Å². The molecule has 3 atom stereocenters. The highest BCUT2D eigenvalue weighted by Gasteiger charge is 2.26. The Morgan fingerprint density at radius 3 is 2.11 bits per heavy atom. The lowest BCUT2D eigenvalue weighted by molar-refractivity contribution is -0.143. The Bertz CT molecular complexity index is 514. The monoisotopic (exact) mass is 389 g/mol. The van der Waals surface area contributed by atoms with Crippen molar-refractivity contribution in [2.45, 2.75) is 51.2 Å². The van der Waals surface area contributed by atoms with Crippen molar-refractivity contribution in [3.05, 3.63) is 0 Å². The Morgan fingerprint density at radius 2 is 1.63 bits per heavy atom. The van der Waals surface area contributed by atoms with Crippen molar-refractivity contribution in [3.63, 3.8) is 0 Å². The molecule has 0 saturated carbocycles. The topological polar surface area (TPSA) is 197 Å². The Morgan fingerprint density at radius 1 is 1.00 bits per heavy atom. The van der Waals surface area contributed by atoms with Gasteiger partial charge in [-0.15, -0.1) is 0 Å². The minimum absolute atomic E-state index is 0.103. The number of amides is 3. The summed E-state index contributed by atoms with van der Waals surface area (Å²) in [6.45, 7) is 2.78. The van der Waals surface area contributed by atoms with Gasteiger partial charge < -0.3 is 37.6 Å². The molecule has 11 nitrogen and oxygen atoms in total. The van der Waals surface area contributed by atoms with Gasteiger partial charge in [0.05, 0.1) is 19.2 Å². The zero-order valence-electron chi connectivity index (χ0n) is 15.7. The lowest BCUT2D eigenvalue weighted by Crippen LogP contribution is -2.54. The van der Waals surface area contributed by atoms with Gasteiger partial charge in [-0.2, -0.15) is 0 Å². The summed E-state index contributed by atoms with van der Waals surface area (Å²) in [5.41, 5.74) is 11.1. The van der Waals surface area contributed by atoms with Crippen molar-refractivity contribution in [1.29, 1.82) is 0 Å². The van der Waals surface area contributed by atoms with Crippen molar-refractivity contribution in [3.8, 4) is 0 Å². The SMILES string of the molecule is CC(C)C(N)C(=O)NCC(=O)NC(CCCCN)C(=O)NC(CO)C(=O)O. The third-order valence-electron chi connectivity index (χ3n) is 3.84. The fourth-order valence-electron chi connectivity index (χ4n) is 2.05. The fourth-order valence-corrected chi connectivity index (χ4v) is 2.05. The number of aliphatic hydroxyl groups is 1. The van der Waals surface area contributed by atoms with Crippen LogP contribution in [0.3, 0.4) is 0 Å². The Labute approximate surface area is 158 Å². The van der Waals surface area contributed by atoms with E-state index in [1.165, 1.54) is 0 Å². The third-order valence-corrected chi connectivity index (χ3v) is 3.84. The minimum Gasteiger partial charge on any atom is -0.480 e. The van der Waals surface area contributed by atoms with Gasteiger partial charge in [0.1, 0.15) is 12.1 Å². The molecule has 0 aromatic heterocycles. The summed E-state index contributed by atoms with van der Waals surface area (Å²) in [7, 11) is 0. The highest BCUT2D eigenvalue weighted by molar-refractivity contribution is 5.92. The number of hydrogen-bond donors (Lipinski definition) is 7. The fraction of sp³-hybridized carbons (Fsp3) is 0.750. The Hall–Kier alpha value is -2.24. The van der Waals surface area contributed by atoms with E-state index in [2.05, 4.69) is 16.0 Å². The van der Waals surface area contributed by atoms with Crippen molar-refractivity contribution < 1.29 is 29.4 Å². The summed E-state index contributed by atoms with van der Waals surface area (Å²) in [5, 5.41) is 24.9. The van der Waals surface area contributed by atoms with Gasteiger partial charge >= 0.3 is 5.97 Å². The summed E-state index contributed by atoms with van der Waals surface area (Å²) >= 11 is 0. The van der Waals surface area contributed by atoms with Gasteiger partial charge in [0.2, 0.25) is 17.7 Å². The molecule has 0 rings (SSSR count). The van der Waals surface area contributed by atoms with Crippen molar-refractivity contribution in [1.82, 2.24) is 16.0 Å². The minimum atomic E-state index is -1.48. The molecule has 0 aromatic carbocycles. The van der Waals surface area contributed by atoms with E-state index in [1.807, 2.05) is 0 Å². The number of carbonyl (C=O) groups is 4. The van der Waals surface area contributed by atoms with Crippen LogP contribution in [0.5, 0.6) is 0 Å². The summed E-state index contributed by atoms with van der Waals surface area (Å²) in [6, 6.07) is -3.26. The van der Waals surface area contributed by atoms with Gasteiger partial charge in [-0.25, -0.2) is 4.79 Å². The predicted molar refractivity (Wildman–Crippen MR) is 97.3 cm³/mol. The second-order valence-corrected chi connectivity index (χ2v) is 6.47. The standard InChI is InChI=1S/C16H31N5O6/c1-9(2)13(18)15(25)19-7-12(23)20-10(5-3-4-6-17)14(24)21-11(8-22)16(26)27/h9-11,13,22H,3-8,17-18H2,1-2H3,(H,19,25)(H,20,23)(H,21,24)(H,26,27). The maximum absolute atomic E-state index is 12.2. The summed E-state index contributed by atoms with van der Waals surface area (Å²) in [5.74, 6) is -3.35. The Kier molecular flexibility index (Phi) is 11.9. The molecule has 0 radical (unpaired) electrons. The summed E-state index contributed by atoms with van der Waals surface area (Å²) < 4.78 is 0. The highest BCUT2D eigenvalue weighted by Crippen LogP contribution is 2.02. The number of nitrogens with two attached hydrogens (primary N) is 2. The molecule has 0 bridgehead atoms. The number of aliphatic hydroxyl groups excluding tert-OH is 1. The number of hydrogen-bond acceptors (Lipinski definition) is 7. The lowest BCUT2D eigenvalue weighted by atomic mass is 10.1. The average Bonchev–Trinajstić information content (AvgIpc) is 2.62. The van der Waals surface area contributed by atoms with Gasteiger partial charge in [-0.1, -0.05) is 13.8 Å². The molecule has 27 heavy (non-hydrogen) atoms. The van der Waals surface area contributed by atoms with Gasteiger partial charge in [0.25, 0.3) is 0 Å². The summed E-state index contributed by atoms with van der Waals surface area (Å²) in [4.78, 5) is 47.0. The van der Waals surface area contributed by atoms with Crippen LogP contribution in [-0.4, -0.2) is 71.7 Å². The van der Waals surface area contributed by atoms with Crippen LogP contribution in [0.15, 0.2) is 0 Å². The largest absolute Gasteiger partial charge is 0.480 e. The van der Waals surface area contributed by atoms with Gasteiger partial charge in [-0.3, -0.25) is 14.4 Å².